The number of hydrogen-bond donors (Lipinski definition) is 0. The van der Waals surface area contributed by atoms with E-state index in [0.29, 0.717) is 19.3 Å². The van der Waals surface area contributed by atoms with Gasteiger partial charge in [-0.15, -0.1) is 0 Å². The maximum Gasteiger partial charge on any atom is 0.306 e. The van der Waals surface area contributed by atoms with Crippen LogP contribution >= 0.6 is 0 Å². The van der Waals surface area contributed by atoms with Crippen molar-refractivity contribution in [2.45, 2.75) is 341 Å². The van der Waals surface area contributed by atoms with Crippen LogP contribution in [0.3, 0.4) is 0 Å². The van der Waals surface area contributed by atoms with Crippen LogP contribution in [0, 0.1) is 0 Å². The average Bonchev–Trinajstić information content (AvgIpc) is 3.47. The smallest absolute Gasteiger partial charge is 0.306 e. The van der Waals surface area contributed by atoms with Crippen molar-refractivity contribution in [1.82, 2.24) is 0 Å². The Morgan fingerprint density at radius 2 is 0.476 bits per heavy atom. The first kappa shape index (κ1) is 78.1. The second kappa shape index (κ2) is 69.6. The fourth-order valence-corrected chi connectivity index (χ4v) is 9.77. The van der Waals surface area contributed by atoms with Crippen LogP contribution in [-0.2, 0) is 28.6 Å². The van der Waals surface area contributed by atoms with Crippen molar-refractivity contribution in [2.24, 2.45) is 0 Å². The molecule has 470 valence electrons. The lowest BCUT2D eigenvalue weighted by molar-refractivity contribution is -0.167. The fraction of sp³-hybridized carbons (Fsp3) is 0.724. The molecule has 0 aromatic rings. The highest BCUT2D eigenvalue weighted by atomic mass is 16.6. The molecule has 0 saturated heterocycles. The zero-order valence-electron chi connectivity index (χ0n) is 54.0. The van der Waals surface area contributed by atoms with Gasteiger partial charge in [-0.05, 0) is 128 Å². The molecule has 0 radical (unpaired) electrons. The van der Waals surface area contributed by atoms with Crippen molar-refractivity contribution >= 4 is 17.9 Å². The summed E-state index contributed by atoms with van der Waals surface area (Å²) in [5, 5.41) is 0. The molecule has 0 aliphatic carbocycles. The third-order valence-electron chi connectivity index (χ3n) is 15.0. The van der Waals surface area contributed by atoms with Crippen LogP contribution in [0.25, 0.3) is 0 Å². The van der Waals surface area contributed by atoms with Gasteiger partial charge >= 0.3 is 17.9 Å². The number of esters is 3. The molecule has 0 bridgehead atoms. The molecule has 1 unspecified atom stereocenters. The summed E-state index contributed by atoms with van der Waals surface area (Å²) in [5.74, 6) is -0.892. The quantitative estimate of drug-likeness (QED) is 0.0261. The maximum atomic E-state index is 13.0. The first-order valence-electron chi connectivity index (χ1n) is 34.9. The fourth-order valence-electron chi connectivity index (χ4n) is 9.77. The van der Waals surface area contributed by atoms with Gasteiger partial charge in [0.05, 0.1) is 0 Å². The van der Waals surface area contributed by atoms with Gasteiger partial charge in [0.1, 0.15) is 13.2 Å². The van der Waals surface area contributed by atoms with Crippen LogP contribution < -0.4 is 0 Å². The van der Waals surface area contributed by atoms with Crippen LogP contribution in [0.5, 0.6) is 0 Å². The predicted octanol–water partition coefficient (Wildman–Crippen LogP) is 24.2. The standard InChI is InChI=1S/C76H130O6/c1-4-7-10-13-16-19-22-25-28-31-34-36-38-40-42-45-48-51-54-57-60-63-66-69-75(78)81-72-73(71-80-74(77)68-65-62-59-56-53-50-47-44-33-30-27-24-21-18-15-12-9-6-3)82-76(79)70-67-64-61-58-55-52-49-46-43-41-39-37-35-32-29-26-23-20-17-14-11-8-5-2/h7,10,16,19,21,23-26,28,30,32-36,39,41,73H,4-6,8-9,11-15,17-18,20,22,27,29,31,37-38,40,42-72H2,1-3H3/b10-7-,19-16-,24-21-,26-23-,28-25-,33-30-,35-32-,36-34-,41-39-. The molecule has 6 nitrogen and oxygen atoms in total. The minimum absolute atomic E-state index is 0.0859. The monoisotopic (exact) mass is 1140 g/mol. The van der Waals surface area contributed by atoms with Gasteiger partial charge in [0.15, 0.2) is 6.10 Å². The van der Waals surface area contributed by atoms with Gasteiger partial charge < -0.3 is 14.2 Å². The number of hydrogen-bond acceptors (Lipinski definition) is 6. The number of carbonyl (C=O) groups excluding carboxylic acids is 3. The van der Waals surface area contributed by atoms with Crippen LogP contribution in [-0.4, -0.2) is 37.2 Å². The van der Waals surface area contributed by atoms with Crippen molar-refractivity contribution < 1.29 is 28.6 Å². The molecule has 0 saturated carbocycles. The Kier molecular flexibility index (Phi) is 66.2. The summed E-state index contributed by atoms with van der Waals surface area (Å²) in [6.07, 6.45) is 95.2. The van der Waals surface area contributed by atoms with E-state index < -0.39 is 6.10 Å². The minimum atomic E-state index is -0.792. The summed E-state index contributed by atoms with van der Waals surface area (Å²) >= 11 is 0. The first-order valence-corrected chi connectivity index (χ1v) is 34.9. The van der Waals surface area contributed by atoms with E-state index in [9.17, 15) is 14.4 Å². The molecule has 0 rings (SSSR count). The Balaban J connectivity index is 4.41. The van der Waals surface area contributed by atoms with Crippen LogP contribution in [0.1, 0.15) is 335 Å². The third kappa shape index (κ3) is 66.9. The van der Waals surface area contributed by atoms with E-state index in [2.05, 4.69) is 130 Å². The van der Waals surface area contributed by atoms with Crippen LogP contribution in [0.15, 0.2) is 109 Å². The molecule has 1 atom stereocenters. The van der Waals surface area contributed by atoms with Crippen molar-refractivity contribution in [3.63, 3.8) is 0 Å². The van der Waals surface area contributed by atoms with Gasteiger partial charge in [-0.3, -0.25) is 14.4 Å². The van der Waals surface area contributed by atoms with Crippen LogP contribution in [0.4, 0.5) is 0 Å². The van der Waals surface area contributed by atoms with E-state index in [1.165, 1.54) is 180 Å². The minimum Gasteiger partial charge on any atom is -0.462 e. The topological polar surface area (TPSA) is 78.9 Å². The van der Waals surface area contributed by atoms with Gasteiger partial charge in [0, 0.05) is 19.3 Å². The van der Waals surface area contributed by atoms with Gasteiger partial charge in [0.2, 0.25) is 0 Å². The number of rotatable bonds is 63. The lowest BCUT2D eigenvalue weighted by Crippen LogP contribution is -2.30. The molecule has 82 heavy (non-hydrogen) atoms. The average molecular weight is 1140 g/mol. The Morgan fingerprint density at radius 1 is 0.256 bits per heavy atom. The predicted molar refractivity (Wildman–Crippen MR) is 357 cm³/mol. The molecule has 6 heteroatoms. The van der Waals surface area contributed by atoms with E-state index in [1.54, 1.807) is 0 Å². The summed E-state index contributed by atoms with van der Waals surface area (Å²) in [4.78, 5) is 38.5. The second-order valence-corrected chi connectivity index (χ2v) is 23.1. The largest absolute Gasteiger partial charge is 0.462 e. The van der Waals surface area contributed by atoms with E-state index in [4.69, 9.17) is 14.2 Å². The SMILES string of the molecule is CC/C=C\C/C=C\C/C=C\C/C=C\CCCCCCCCCCCCC(=O)OCC(COC(=O)CCCCCCCCC/C=C\C/C=C\CCCCCC)OC(=O)CCCCCCCCCC/C=C\C/C=C\C/C=C\CCCCCCC. The lowest BCUT2D eigenvalue weighted by atomic mass is 10.1. The molecule has 0 fully saturated rings. The molecule has 0 heterocycles. The van der Waals surface area contributed by atoms with E-state index in [1.807, 2.05) is 0 Å². The zero-order chi connectivity index (χ0) is 59.2. The molecular weight excluding hydrogens is 1010 g/mol. The molecular formula is C76H130O6. The number of ether oxygens (including phenoxy) is 3. The Hall–Kier alpha value is -3.93. The second-order valence-electron chi connectivity index (χ2n) is 23.1. The Morgan fingerprint density at radius 3 is 0.756 bits per heavy atom. The summed E-state index contributed by atoms with van der Waals surface area (Å²) in [7, 11) is 0. The molecule has 0 aliphatic rings. The maximum absolute atomic E-state index is 13.0. The molecule has 0 aromatic carbocycles. The third-order valence-corrected chi connectivity index (χ3v) is 15.0. The molecule has 0 N–H and O–H groups in total. The van der Waals surface area contributed by atoms with Gasteiger partial charge in [-0.2, -0.15) is 0 Å². The highest BCUT2D eigenvalue weighted by molar-refractivity contribution is 5.71. The Bertz CT molecular complexity index is 1640. The van der Waals surface area contributed by atoms with Gasteiger partial charge in [0.25, 0.3) is 0 Å². The summed E-state index contributed by atoms with van der Waals surface area (Å²) in [6, 6.07) is 0. The van der Waals surface area contributed by atoms with Crippen molar-refractivity contribution in [2.75, 3.05) is 13.2 Å². The number of carbonyl (C=O) groups is 3. The lowest BCUT2D eigenvalue weighted by Gasteiger charge is -2.18. The Labute approximate surface area is 508 Å². The van der Waals surface area contributed by atoms with Crippen molar-refractivity contribution in [1.29, 1.82) is 0 Å². The summed E-state index contributed by atoms with van der Waals surface area (Å²) in [6.45, 7) is 6.52. The molecule has 0 amide bonds. The van der Waals surface area contributed by atoms with Gasteiger partial charge in [-0.25, -0.2) is 0 Å². The summed E-state index contributed by atoms with van der Waals surface area (Å²) in [5.41, 5.74) is 0. The van der Waals surface area contributed by atoms with E-state index >= 15 is 0 Å². The number of allylic oxidation sites excluding steroid dienone is 18. The zero-order valence-corrected chi connectivity index (χ0v) is 54.0. The molecule has 0 aromatic heterocycles. The van der Waals surface area contributed by atoms with Gasteiger partial charge in [-0.1, -0.05) is 297 Å². The highest BCUT2D eigenvalue weighted by Gasteiger charge is 2.19. The highest BCUT2D eigenvalue weighted by Crippen LogP contribution is 2.16. The number of unbranched alkanes of at least 4 members (excludes halogenated alkanes) is 34. The molecule has 0 aliphatic heterocycles. The first-order chi connectivity index (χ1) is 40.5. The van der Waals surface area contributed by atoms with E-state index in [0.717, 1.165) is 116 Å². The summed E-state index contributed by atoms with van der Waals surface area (Å²) < 4.78 is 17.0. The van der Waals surface area contributed by atoms with Crippen LogP contribution in [0.2, 0.25) is 0 Å². The van der Waals surface area contributed by atoms with Crippen molar-refractivity contribution in [3.8, 4) is 0 Å². The van der Waals surface area contributed by atoms with E-state index in [-0.39, 0.29) is 31.1 Å². The molecule has 0 spiro atoms. The normalized spacial score (nSPS) is 12.8. The van der Waals surface area contributed by atoms with Crippen molar-refractivity contribution in [3.05, 3.63) is 109 Å².